The summed E-state index contributed by atoms with van der Waals surface area (Å²) in [6, 6.07) is 0. The van der Waals surface area contributed by atoms with E-state index < -0.39 is 0 Å². The van der Waals surface area contributed by atoms with Crippen LogP contribution in [-0.4, -0.2) is 11.2 Å². The Hall–Kier alpha value is -0.0400. The van der Waals surface area contributed by atoms with Crippen LogP contribution in [0.2, 0.25) is 0 Å². The Morgan fingerprint density at radius 1 is 1.46 bits per heavy atom. The van der Waals surface area contributed by atoms with Crippen molar-refractivity contribution in [2.45, 2.75) is 50.8 Å². The number of carbonyl (C=O) groups excluding carboxylic acids is 1. The molecule has 1 unspecified atom stereocenters. The van der Waals surface area contributed by atoms with Gasteiger partial charge in [0.15, 0.2) is 5.78 Å². The first kappa shape index (κ1) is 9.51. The van der Waals surface area contributed by atoms with Crippen molar-refractivity contribution in [2.75, 3.05) is 0 Å². The van der Waals surface area contributed by atoms with E-state index in [1.54, 1.807) is 0 Å². The lowest BCUT2D eigenvalue weighted by molar-refractivity contribution is -0.125. The summed E-state index contributed by atoms with van der Waals surface area (Å²) in [5, 5.41) is -0.195. The van der Waals surface area contributed by atoms with Crippen molar-refractivity contribution in [2.24, 2.45) is 11.3 Å². The fraction of sp³-hybridized carbons (Fsp3) is 0.909. The standard InChI is InChI=1S/C11H17ClO/c1-11-5-3-2-4-8(11)6-10(13)9(12)7-11/h8-9H,2-7H2,1H3/t8-,9?,11+/m0/s1. The molecule has 2 heteroatoms. The SMILES string of the molecule is C[C@]12CCCC[C@H]1CC(=O)C(Cl)C2. The Labute approximate surface area is 84.8 Å². The number of fused-ring (bicyclic) bond motifs is 1. The van der Waals surface area contributed by atoms with Gasteiger partial charge in [-0.05, 0) is 30.6 Å². The normalized spacial score (nSPS) is 45.8. The molecular weight excluding hydrogens is 184 g/mol. The number of alkyl halides is 1. The molecule has 74 valence electrons. The predicted octanol–water partition coefficient (Wildman–Crippen LogP) is 3.15. The summed E-state index contributed by atoms with van der Waals surface area (Å²) < 4.78 is 0. The third-order valence-electron chi connectivity index (χ3n) is 3.98. The monoisotopic (exact) mass is 200 g/mol. The van der Waals surface area contributed by atoms with E-state index >= 15 is 0 Å². The van der Waals surface area contributed by atoms with Crippen LogP contribution in [0, 0.1) is 11.3 Å². The molecule has 2 rings (SSSR count). The minimum atomic E-state index is -0.195. The molecular formula is C11H17ClO. The highest BCUT2D eigenvalue weighted by Gasteiger charge is 2.44. The van der Waals surface area contributed by atoms with Gasteiger partial charge in [-0.2, -0.15) is 0 Å². The Bertz CT molecular complexity index is 226. The van der Waals surface area contributed by atoms with Gasteiger partial charge in [0.1, 0.15) is 0 Å². The summed E-state index contributed by atoms with van der Waals surface area (Å²) in [5.74, 6) is 0.912. The molecule has 0 N–H and O–H groups in total. The first-order chi connectivity index (χ1) is 6.12. The molecule has 0 bridgehead atoms. The van der Waals surface area contributed by atoms with Crippen LogP contribution in [0.4, 0.5) is 0 Å². The van der Waals surface area contributed by atoms with E-state index in [0.717, 1.165) is 12.8 Å². The van der Waals surface area contributed by atoms with Gasteiger partial charge in [0.25, 0.3) is 0 Å². The smallest absolute Gasteiger partial charge is 0.150 e. The van der Waals surface area contributed by atoms with Gasteiger partial charge in [0.05, 0.1) is 5.38 Å². The van der Waals surface area contributed by atoms with Crippen molar-refractivity contribution in [1.29, 1.82) is 0 Å². The topological polar surface area (TPSA) is 17.1 Å². The predicted molar refractivity (Wildman–Crippen MR) is 53.9 cm³/mol. The fourth-order valence-corrected chi connectivity index (χ4v) is 3.42. The second-order valence-electron chi connectivity index (χ2n) is 4.94. The van der Waals surface area contributed by atoms with Crippen LogP contribution in [0.5, 0.6) is 0 Å². The summed E-state index contributed by atoms with van der Waals surface area (Å²) >= 11 is 6.03. The number of rotatable bonds is 0. The van der Waals surface area contributed by atoms with Gasteiger partial charge in [-0.1, -0.05) is 19.8 Å². The maximum Gasteiger partial charge on any atom is 0.150 e. The third-order valence-corrected chi connectivity index (χ3v) is 4.38. The molecule has 0 aromatic carbocycles. The number of Topliss-reactive ketones (excluding diaryl/α,β-unsaturated/α-hetero) is 1. The van der Waals surface area contributed by atoms with E-state index in [2.05, 4.69) is 6.92 Å². The van der Waals surface area contributed by atoms with Crippen molar-refractivity contribution >= 4 is 17.4 Å². The molecule has 2 saturated carbocycles. The molecule has 0 heterocycles. The van der Waals surface area contributed by atoms with E-state index in [0.29, 0.717) is 11.3 Å². The van der Waals surface area contributed by atoms with Crippen LogP contribution in [0.1, 0.15) is 45.4 Å². The number of ketones is 1. The molecule has 3 atom stereocenters. The van der Waals surface area contributed by atoms with E-state index in [4.69, 9.17) is 11.6 Å². The van der Waals surface area contributed by atoms with Crippen molar-refractivity contribution in [3.05, 3.63) is 0 Å². The second-order valence-corrected chi connectivity index (χ2v) is 5.47. The lowest BCUT2D eigenvalue weighted by atomic mass is 9.60. The zero-order chi connectivity index (χ0) is 9.47. The zero-order valence-corrected chi connectivity index (χ0v) is 8.94. The van der Waals surface area contributed by atoms with E-state index in [1.165, 1.54) is 25.7 Å². The van der Waals surface area contributed by atoms with E-state index in [1.807, 2.05) is 0 Å². The summed E-state index contributed by atoms with van der Waals surface area (Å²) in [7, 11) is 0. The third kappa shape index (κ3) is 1.63. The van der Waals surface area contributed by atoms with Crippen LogP contribution in [0.25, 0.3) is 0 Å². The van der Waals surface area contributed by atoms with Gasteiger partial charge < -0.3 is 0 Å². The molecule has 0 aromatic heterocycles. The van der Waals surface area contributed by atoms with Gasteiger partial charge in [0.2, 0.25) is 0 Å². The summed E-state index contributed by atoms with van der Waals surface area (Å²) in [5.41, 5.74) is 0.374. The molecule has 0 aromatic rings. The average Bonchev–Trinajstić information content (AvgIpc) is 2.07. The molecule has 0 radical (unpaired) electrons. The van der Waals surface area contributed by atoms with Gasteiger partial charge in [-0.15, -0.1) is 11.6 Å². The van der Waals surface area contributed by atoms with Crippen molar-refractivity contribution < 1.29 is 4.79 Å². The Morgan fingerprint density at radius 3 is 3.00 bits per heavy atom. The number of carbonyl (C=O) groups is 1. The quantitative estimate of drug-likeness (QED) is 0.549. The Kier molecular flexibility index (Phi) is 2.39. The minimum absolute atomic E-state index is 0.195. The van der Waals surface area contributed by atoms with Crippen LogP contribution < -0.4 is 0 Å². The molecule has 13 heavy (non-hydrogen) atoms. The zero-order valence-electron chi connectivity index (χ0n) is 8.18. The van der Waals surface area contributed by atoms with Gasteiger partial charge >= 0.3 is 0 Å². The highest BCUT2D eigenvalue weighted by molar-refractivity contribution is 6.31. The molecule has 0 amide bonds. The molecule has 0 aliphatic heterocycles. The largest absolute Gasteiger partial charge is 0.298 e. The fourth-order valence-electron chi connectivity index (χ4n) is 2.98. The Morgan fingerprint density at radius 2 is 2.23 bits per heavy atom. The van der Waals surface area contributed by atoms with E-state index in [-0.39, 0.29) is 11.2 Å². The molecule has 2 fully saturated rings. The van der Waals surface area contributed by atoms with Crippen LogP contribution in [0.15, 0.2) is 0 Å². The first-order valence-electron chi connectivity index (χ1n) is 5.29. The molecule has 2 aliphatic carbocycles. The van der Waals surface area contributed by atoms with Gasteiger partial charge in [-0.25, -0.2) is 0 Å². The first-order valence-corrected chi connectivity index (χ1v) is 5.72. The maximum atomic E-state index is 11.5. The van der Waals surface area contributed by atoms with Crippen molar-refractivity contribution in [3.63, 3.8) is 0 Å². The van der Waals surface area contributed by atoms with Crippen LogP contribution >= 0.6 is 11.6 Å². The number of hydrogen-bond acceptors (Lipinski definition) is 1. The van der Waals surface area contributed by atoms with Gasteiger partial charge in [0, 0.05) is 6.42 Å². The second kappa shape index (κ2) is 3.27. The van der Waals surface area contributed by atoms with E-state index in [9.17, 15) is 4.79 Å². The molecule has 2 aliphatic rings. The molecule has 0 saturated heterocycles. The number of hydrogen-bond donors (Lipinski definition) is 0. The lowest BCUT2D eigenvalue weighted by Gasteiger charge is -2.45. The summed E-state index contributed by atoms with van der Waals surface area (Å²) in [6.07, 6.45) is 6.80. The lowest BCUT2D eigenvalue weighted by Crippen LogP contribution is -2.42. The Balaban J connectivity index is 2.15. The maximum absolute atomic E-state index is 11.5. The van der Waals surface area contributed by atoms with Crippen LogP contribution in [-0.2, 0) is 4.79 Å². The van der Waals surface area contributed by atoms with Crippen LogP contribution in [0.3, 0.4) is 0 Å². The van der Waals surface area contributed by atoms with Crippen molar-refractivity contribution in [3.8, 4) is 0 Å². The highest BCUT2D eigenvalue weighted by atomic mass is 35.5. The minimum Gasteiger partial charge on any atom is -0.298 e. The van der Waals surface area contributed by atoms with Gasteiger partial charge in [-0.3, -0.25) is 4.79 Å². The van der Waals surface area contributed by atoms with Crippen molar-refractivity contribution in [1.82, 2.24) is 0 Å². The summed E-state index contributed by atoms with van der Waals surface area (Å²) in [4.78, 5) is 11.5. The number of halogens is 1. The highest BCUT2D eigenvalue weighted by Crippen LogP contribution is 2.50. The average molecular weight is 201 g/mol. The molecule has 1 nitrogen and oxygen atoms in total. The summed E-state index contributed by atoms with van der Waals surface area (Å²) in [6.45, 7) is 2.32. The molecule has 0 spiro atoms.